The van der Waals surface area contributed by atoms with Crippen molar-refractivity contribution in [1.82, 2.24) is 0 Å². The van der Waals surface area contributed by atoms with E-state index in [-0.39, 0.29) is 41.6 Å². The van der Waals surface area contributed by atoms with Gasteiger partial charge in [0.25, 0.3) is 0 Å². The minimum atomic E-state index is -0.581. The van der Waals surface area contributed by atoms with E-state index in [9.17, 15) is 19.8 Å². The van der Waals surface area contributed by atoms with Crippen molar-refractivity contribution in [3.8, 4) is 23.0 Å². The molecule has 0 radical (unpaired) electrons. The van der Waals surface area contributed by atoms with Crippen LogP contribution in [0.5, 0.6) is 23.0 Å². The number of phenolic OH excluding ortho intramolecular Hbond substituents is 3. The van der Waals surface area contributed by atoms with E-state index in [1.165, 1.54) is 19.2 Å². The van der Waals surface area contributed by atoms with Crippen molar-refractivity contribution in [2.24, 2.45) is 0 Å². The van der Waals surface area contributed by atoms with Crippen molar-refractivity contribution in [3.05, 3.63) is 46.5 Å². The fourth-order valence-corrected chi connectivity index (χ4v) is 2.54. The number of carbonyl (C=O) groups is 2. The highest BCUT2D eigenvalue weighted by atomic mass is 16.5. The second-order valence-electron chi connectivity index (χ2n) is 6.34. The number of aromatic hydroxyl groups is 3. The Hall–Kier alpha value is -3.46. The van der Waals surface area contributed by atoms with E-state index in [1.54, 1.807) is 48.0 Å². The van der Waals surface area contributed by atoms with Crippen LogP contribution in [0.15, 0.2) is 24.3 Å². The molecule has 0 unspecified atom stereocenters. The van der Waals surface area contributed by atoms with Crippen LogP contribution in [-0.2, 0) is 14.2 Å². The summed E-state index contributed by atoms with van der Waals surface area (Å²) in [5.74, 6) is -1.05. The summed E-state index contributed by atoms with van der Waals surface area (Å²) >= 11 is 0. The lowest BCUT2D eigenvalue weighted by molar-refractivity contribution is 0.0512. The fraction of sp³-hybridized carbons (Fsp3) is 0.391. The van der Waals surface area contributed by atoms with Gasteiger partial charge in [0.2, 0.25) is 0 Å². The smallest absolute Gasteiger partial charge is 0.342 e. The Morgan fingerprint density at radius 1 is 0.750 bits per heavy atom. The Morgan fingerprint density at radius 3 is 1.50 bits per heavy atom. The topological polar surface area (TPSA) is 132 Å². The molecule has 178 valence electrons. The second kappa shape index (κ2) is 14.5. The molecular formula is C23H32O9. The predicted octanol–water partition coefficient (Wildman–Crippen LogP) is 3.73. The molecule has 0 aromatic heterocycles. The maximum absolute atomic E-state index is 11.5. The van der Waals surface area contributed by atoms with Gasteiger partial charge in [0.1, 0.15) is 34.1 Å². The number of phenols is 3. The first-order chi connectivity index (χ1) is 15.1. The van der Waals surface area contributed by atoms with Crippen LogP contribution in [0.1, 0.15) is 45.7 Å². The van der Waals surface area contributed by atoms with E-state index in [2.05, 4.69) is 4.74 Å². The first-order valence-electron chi connectivity index (χ1n) is 9.72. The highest BCUT2D eigenvalue weighted by Crippen LogP contribution is 2.28. The van der Waals surface area contributed by atoms with E-state index >= 15 is 0 Å². The number of esters is 2. The summed E-state index contributed by atoms with van der Waals surface area (Å²) in [7, 11) is 4.75. The van der Waals surface area contributed by atoms with Crippen LogP contribution in [0.25, 0.3) is 0 Å². The van der Waals surface area contributed by atoms with Gasteiger partial charge < -0.3 is 34.3 Å². The van der Waals surface area contributed by atoms with Gasteiger partial charge in [-0.3, -0.25) is 0 Å². The third-order valence-electron chi connectivity index (χ3n) is 3.78. The third kappa shape index (κ3) is 8.73. The first-order valence-corrected chi connectivity index (χ1v) is 9.72. The molecule has 0 saturated heterocycles. The van der Waals surface area contributed by atoms with Gasteiger partial charge >= 0.3 is 11.9 Å². The van der Waals surface area contributed by atoms with E-state index in [0.29, 0.717) is 16.9 Å². The van der Waals surface area contributed by atoms with E-state index < -0.39 is 11.9 Å². The van der Waals surface area contributed by atoms with Gasteiger partial charge in [0.05, 0.1) is 20.3 Å². The molecule has 2 aromatic rings. The van der Waals surface area contributed by atoms with Crippen LogP contribution in [0.2, 0.25) is 0 Å². The number of hydrogen-bond donors (Lipinski definition) is 3. The average Bonchev–Trinajstić information content (AvgIpc) is 2.68. The van der Waals surface area contributed by atoms with Crippen molar-refractivity contribution >= 4 is 11.9 Å². The van der Waals surface area contributed by atoms with Crippen molar-refractivity contribution in [1.29, 1.82) is 0 Å². The van der Waals surface area contributed by atoms with Crippen LogP contribution in [0.3, 0.4) is 0 Å². The quantitative estimate of drug-likeness (QED) is 0.581. The molecule has 9 nitrogen and oxygen atoms in total. The molecule has 0 amide bonds. The zero-order valence-electron chi connectivity index (χ0n) is 19.5. The maximum Gasteiger partial charge on any atom is 0.342 e. The molecule has 9 heteroatoms. The SMILES string of the molecule is CCOC(=O)c1c(C)cc(O)cc1O.CCOC(=O)c1c(C)cc(OC)cc1O.COC. The zero-order chi connectivity index (χ0) is 24.8. The molecule has 2 rings (SSSR count). The van der Waals surface area contributed by atoms with E-state index in [0.717, 1.165) is 6.07 Å². The molecule has 0 saturated carbocycles. The molecule has 0 aliphatic carbocycles. The van der Waals surface area contributed by atoms with Gasteiger partial charge in [-0.1, -0.05) is 0 Å². The maximum atomic E-state index is 11.5. The van der Waals surface area contributed by atoms with Gasteiger partial charge in [0.15, 0.2) is 0 Å². The summed E-state index contributed by atoms with van der Waals surface area (Å²) in [6, 6.07) is 5.57. The van der Waals surface area contributed by atoms with Crippen LogP contribution >= 0.6 is 0 Å². The lowest BCUT2D eigenvalue weighted by Crippen LogP contribution is -2.07. The summed E-state index contributed by atoms with van der Waals surface area (Å²) in [5, 5.41) is 28.1. The lowest BCUT2D eigenvalue weighted by Gasteiger charge is -2.09. The van der Waals surface area contributed by atoms with E-state index in [1.807, 2.05) is 0 Å². The molecule has 32 heavy (non-hydrogen) atoms. The first kappa shape index (κ1) is 28.5. The monoisotopic (exact) mass is 452 g/mol. The minimum absolute atomic E-state index is 0.0759. The number of aryl methyl sites for hydroxylation is 2. The van der Waals surface area contributed by atoms with Crippen molar-refractivity contribution in [3.63, 3.8) is 0 Å². The number of carbonyl (C=O) groups excluding carboxylic acids is 2. The molecule has 0 bridgehead atoms. The van der Waals surface area contributed by atoms with Crippen molar-refractivity contribution < 1.29 is 43.9 Å². The summed E-state index contributed by atoms with van der Waals surface area (Å²) in [6.45, 7) is 7.26. The Balaban J connectivity index is 0.000000536. The van der Waals surface area contributed by atoms with Crippen molar-refractivity contribution in [2.45, 2.75) is 27.7 Å². The number of methoxy groups -OCH3 is 2. The Labute approximate surface area is 188 Å². The third-order valence-corrected chi connectivity index (χ3v) is 3.78. The average molecular weight is 453 g/mol. The van der Waals surface area contributed by atoms with Crippen LogP contribution < -0.4 is 4.74 Å². The number of benzene rings is 2. The summed E-state index contributed by atoms with van der Waals surface area (Å²) in [4.78, 5) is 22.8. The summed E-state index contributed by atoms with van der Waals surface area (Å²) in [5.41, 5.74) is 1.41. The highest BCUT2D eigenvalue weighted by Gasteiger charge is 2.17. The van der Waals surface area contributed by atoms with Gasteiger partial charge in [-0.25, -0.2) is 9.59 Å². The zero-order valence-corrected chi connectivity index (χ0v) is 19.5. The Kier molecular flexibility index (Phi) is 13.0. The Morgan fingerprint density at radius 2 is 1.16 bits per heavy atom. The largest absolute Gasteiger partial charge is 0.508 e. The molecule has 2 aromatic carbocycles. The van der Waals surface area contributed by atoms with Crippen LogP contribution in [0, 0.1) is 13.8 Å². The van der Waals surface area contributed by atoms with Gasteiger partial charge in [-0.15, -0.1) is 0 Å². The molecule has 3 N–H and O–H groups in total. The number of rotatable bonds is 5. The molecule has 0 spiro atoms. The Bertz CT molecular complexity index is 845. The highest BCUT2D eigenvalue weighted by molar-refractivity contribution is 5.94. The van der Waals surface area contributed by atoms with Gasteiger partial charge in [-0.2, -0.15) is 0 Å². The summed E-state index contributed by atoms with van der Waals surface area (Å²) in [6.07, 6.45) is 0. The second-order valence-corrected chi connectivity index (χ2v) is 6.34. The van der Waals surface area contributed by atoms with Gasteiger partial charge in [-0.05, 0) is 51.0 Å². The van der Waals surface area contributed by atoms with Crippen LogP contribution in [0.4, 0.5) is 0 Å². The molecule has 0 atom stereocenters. The lowest BCUT2D eigenvalue weighted by atomic mass is 10.1. The molecule has 0 aliphatic rings. The van der Waals surface area contributed by atoms with Crippen molar-refractivity contribution in [2.75, 3.05) is 34.5 Å². The van der Waals surface area contributed by atoms with Crippen LogP contribution in [-0.4, -0.2) is 61.8 Å². The predicted molar refractivity (Wildman–Crippen MR) is 119 cm³/mol. The molecule has 0 heterocycles. The number of ether oxygens (including phenoxy) is 4. The molecule has 0 fully saturated rings. The standard InChI is InChI=1S/C11H14O4.C10H12O4.C2H6O/c1-4-15-11(13)10-7(2)5-8(14-3)6-9(10)12;1-3-14-10(13)9-6(2)4-7(11)5-8(9)12;1-3-2/h5-6,12H,4H2,1-3H3;4-5,11-12H,3H2,1-2H3;1-2H3. The minimum Gasteiger partial charge on any atom is -0.508 e. The van der Waals surface area contributed by atoms with E-state index in [4.69, 9.17) is 19.3 Å². The molecule has 0 aliphatic heterocycles. The summed E-state index contributed by atoms with van der Waals surface area (Å²) < 4.78 is 18.8. The normalized spacial score (nSPS) is 9.47. The van der Waals surface area contributed by atoms with Gasteiger partial charge in [0, 0.05) is 26.4 Å². The fourth-order valence-electron chi connectivity index (χ4n) is 2.54. The molecular weight excluding hydrogens is 420 g/mol. The number of hydrogen-bond acceptors (Lipinski definition) is 9.